The van der Waals surface area contributed by atoms with Crippen LogP contribution in [-0.2, 0) is 0 Å². The van der Waals surface area contributed by atoms with Crippen LogP contribution in [0, 0.1) is 0 Å². The average Bonchev–Trinajstić information content (AvgIpc) is 2.46. The van der Waals surface area contributed by atoms with E-state index in [2.05, 4.69) is 6.92 Å². The van der Waals surface area contributed by atoms with E-state index in [4.69, 9.17) is 10.8 Å². The molecule has 0 aromatic heterocycles. The molecule has 2 heteroatoms. The molecule has 118 valence electrons. The summed E-state index contributed by atoms with van der Waals surface area (Å²) in [6.45, 7) is 3.16. The van der Waals surface area contributed by atoms with Crippen LogP contribution < -0.4 is 5.73 Å². The fraction of sp³-hybridized carbons (Fsp3) is 1.00. The molecule has 0 atom stereocenters. The average molecular weight is 274 g/mol. The lowest BCUT2D eigenvalue weighted by atomic mass is 10.0. The van der Waals surface area contributed by atoms with Crippen LogP contribution in [0.3, 0.4) is 0 Å². The van der Waals surface area contributed by atoms with Crippen molar-refractivity contribution in [2.75, 3.05) is 13.7 Å². The normalized spacial score (nSPS) is 10.1. The van der Waals surface area contributed by atoms with Crippen molar-refractivity contribution in [2.45, 2.75) is 96.8 Å². The lowest BCUT2D eigenvalue weighted by molar-refractivity contribution is 0.399. The predicted octanol–water partition coefficient (Wildman–Crippen LogP) is 5.03. The number of rotatable bonds is 14. The summed E-state index contributed by atoms with van der Waals surface area (Å²) < 4.78 is 0. The van der Waals surface area contributed by atoms with Gasteiger partial charge in [0.05, 0.1) is 0 Å². The Morgan fingerprint density at radius 2 is 0.789 bits per heavy atom. The second kappa shape index (κ2) is 23.0. The van der Waals surface area contributed by atoms with Gasteiger partial charge in [0.1, 0.15) is 0 Å². The van der Waals surface area contributed by atoms with E-state index in [-0.39, 0.29) is 0 Å². The Bertz CT molecular complexity index is 114. The fourth-order valence-electron chi connectivity index (χ4n) is 2.34. The van der Waals surface area contributed by atoms with Crippen LogP contribution in [0.15, 0.2) is 0 Å². The van der Waals surface area contributed by atoms with E-state index in [1.54, 1.807) is 0 Å². The number of aliphatic hydroxyl groups is 1. The minimum atomic E-state index is 0.873. The van der Waals surface area contributed by atoms with Crippen LogP contribution >= 0.6 is 0 Å². The van der Waals surface area contributed by atoms with Crippen molar-refractivity contribution in [1.29, 1.82) is 0 Å². The van der Waals surface area contributed by atoms with E-state index in [0.29, 0.717) is 0 Å². The quantitative estimate of drug-likeness (QED) is 0.436. The SMILES string of the molecule is CCCCCCCCCCCCCCCCN.CO. The molecule has 0 heterocycles. The van der Waals surface area contributed by atoms with Gasteiger partial charge >= 0.3 is 0 Å². The van der Waals surface area contributed by atoms with E-state index in [0.717, 1.165) is 13.7 Å². The van der Waals surface area contributed by atoms with Crippen LogP contribution in [0.25, 0.3) is 0 Å². The number of aliphatic hydroxyl groups excluding tert-OH is 1. The molecule has 0 spiro atoms. The lowest BCUT2D eigenvalue weighted by Gasteiger charge is -2.02. The zero-order valence-corrected chi connectivity index (χ0v) is 13.6. The minimum Gasteiger partial charge on any atom is -0.400 e. The van der Waals surface area contributed by atoms with E-state index >= 15 is 0 Å². The van der Waals surface area contributed by atoms with Gasteiger partial charge in [-0.15, -0.1) is 0 Å². The maximum absolute atomic E-state index is 7.00. The third-order valence-corrected chi connectivity index (χ3v) is 3.56. The Kier molecular flexibility index (Phi) is 25.7. The molecule has 19 heavy (non-hydrogen) atoms. The molecule has 0 radical (unpaired) electrons. The summed E-state index contributed by atoms with van der Waals surface area (Å²) in [7, 11) is 1.00. The van der Waals surface area contributed by atoms with Crippen molar-refractivity contribution in [2.24, 2.45) is 5.73 Å². The van der Waals surface area contributed by atoms with Crippen LogP contribution in [0.2, 0.25) is 0 Å². The summed E-state index contributed by atoms with van der Waals surface area (Å²) in [6, 6.07) is 0. The molecule has 0 saturated carbocycles. The summed E-state index contributed by atoms with van der Waals surface area (Å²) in [5.41, 5.74) is 5.47. The molecule has 0 rings (SSSR count). The summed E-state index contributed by atoms with van der Waals surface area (Å²) in [4.78, 5) is 0. The molecule has 0 aliphatic heterocycles. The van der Waals surface area contributed by atoms with Gasteiger partial charge in [0.25, 0.3) is 0 Å². The highest BCUT2D eigenvalue weighted by Crippen LogP contribution is 2.12. The van der Waals surface area contributed by atoms with Crippen LogP contribution in [0.5, 0.6) is 0 Å². The highest BCUT2D eigenvalue weighted by Gasteiger charge is 1.93. The molecule has 0 aliphatic rings. The maximum atomic E-state index is 7.00. The molecule has 2 nitrogen and oxygen atoms in total. The van der Waals surface area contributed by atoms with E-state index in [1.807, 2.05) is 0 Å². The lowest BCUT2D eigenvalue weighted by Crippen LogP contribution is -1.97. The Balaban J connectivity index is 0. The second-order valence-electron chi connectivity index (χ2n) is 5.38. The molecular formula is C17H39NO. The van der Waals surface area contributed by atoms with Crippen LogP contribution in [0.1, 0.15) is 96.8 Å². The monoisotopic (exact) mass is 273 g/mol. The zero-order valence-electron chi connectivity index (χ0n) is 13.6. The topological polar surface area (TPSA) is 46.2 Å². The molecule has 0 amide bonds. The van der Waals surface area contributed by atoms with E-state index < -0.39 is 0 Å². The first-order chi connectivity index (χ1) is 9.41. The molecule has 0 aliphatic carbocycles. The van der Waals surface area contributed by atoms with Gasteiger partial charge < -0.3 is 10.8 Å². The first kappa shape index (κ1) is 21.2. The van der Waals surface area contributed by atoms with Gasteiger partial charge in [-0.3, -0.25) is 0 Å². The van der Waals surface area contributed by atoms with E-state index in [9.17, 15) is 0 Å². The largest absolute Gasteiger partial charge is 0.400 e. The van der Waals surface area contributed by atoms with Gasteiger partial charge in [-0.2, -0.15) is 0 Å². The standard InChI is InChI=1S/C16H35N.CH4O/c1-2-3-4-5-6-7-8-9-10-11-12-13-14-15-16-17;1-2/h2-17H2,1H3;2H,1H3. The molecular weight excluding hydrogens is 234 g/mol. The van der Waals surface area contributed by atoms with Gasteiger partial charge in [-0.1, -0.05) is 90.4 Å². The summed E-state index contributed by atoms with van der Waals surface area (Å²) >= 11 is 0. The van der Waals surface area contributed by atoms with Crippen molar-refractivity contribution >= 4 is 0 Å². The van der Waals surface area contributed by atoms with Crippen molar-refractivity contribution in [3.05, 3.63) is 0 Å². The predicted molar refractivity (Wildman–Crippen MR) is 87.5 cm³/mol. The number of nitrogens with two attached hydrogens (primary N) is 1. The first-order valence-corrected chi connectivity index (χ1v) is 8.56. The second-order valence-corrected chi connectivity index (χ2v) is 5.38. The van der Waals surface area contributed by atoms with Crippen molar-refractivity contribution in [3.8, 4) is 0 Å². The van der Waals surface area contributed by atoms with Gasteiger partial charge in [0.2, 0.25) is 0 Å². The molecule has 0 fully saturated rings. The van der Waals surface area contributed by atoms with Gasteiger partial charge in [-0.25, -0.2) is 0 Å². The highest BCUT2D eigenvalue weighted by atomic mass is 16.2. The molecule has 3 N–H and O–H groups in total. The number of hydrogen-bond donors (Lipinski definition) is 2. The van der Waals surface area contributed by atoms with Crippen molar-refractivity contribution in [1.82, 2.24) is 0 Å². The van der Waals surface area contributed by atoms with Gasteiger partial charge in [0, 0.05) is 7.11 Å². The molecule has 0 aromatic carbocycles. The molecule has 0 bridgehead atoms. The Morgan fingerprint density at radius 3 is 1.05 bits per heavy atom. The van der Waals surface area contributed by atoms with Crippen molar-refractivity contribution < 1.29 is 5.11 Å². The summed E-state index contributed by atoms with van der Waals surface area (Å²) in [5, 5.41) is 7.00. The van der Waals surface area contributed by atoms with Crippen molar-refractivity contribution in [3.63, 3.8) is 0 Å². The molecule has 0 unspecified atom stereocenters. The third-order valence-electron chi connectivity index (χ3n) is 3.56. The van der Waals surface area contributed by atoms with Gasteiger partial charge in [0.15, 0.2) is 0 Å². The third kappa shape index (κ3) is 23.4. The maximum Gasteiger partial charge on any atom is 0.0319 e. The first-order valence-electron chi connectivity index (χ1n) is 8.56. The Labute approximate surface area is 122 Å². The van der Waals surface area contributed by atoms with E-state index in [1.165, 1.54) is 89.9 Å². The molecule has 0 saturated heterocycles. The highest BCUT2D eigenvalue weighted by molar-refractivity contribution is 4.49. The number of hydrogen-bond acceptors (Lipinski definition) is 2. The summed E-state index contributed by atoms with van der Waals surface area (Å²) in [5.74, 6) is 0. The molecule has 0 aromatic rings. The Morgan fingerprint density at radius 1 is 0.526 bits per heavy atom. The fourth-order valence-corrected chi connectivity index (χ4v) is 2.34. The summed E-state index contributed by atoms with van der Waals surface area (Å²) in [6.07, 6.45) is 19.9. The smallest absolute Gasteiger partial charge is 0.0319 e. The van der Waals surface area contributed by atoms with Gasteiger partial charge in [-0.05, 0) is 13.0 Å². The number of unbranched alkanes of at least 4 members (excludes halogenated alkanes) is 13. The van der Waals surface area contributed by atoms with Crippen LogP contribution in [0.4, 0.5) is 0 Å². The zero-order chi connectivity index (χ0) is 14.6. The Hall–Kier alpha value is -0.0800. The van der Waals surface area contributed by atoms with Crippen LogP contribution in [-0.4, -0.2) is 18.8 Å². The minimum absolute atomic E-state index is 0.873.